The highest BCUT2D eigenvalue weighted by atomic mass is 32.2. The zero-order valence-corrected chi connectivity index (χ0v) is 15.3. The highest BCUT2D eigenvalue weighted by Crippen LogP contribution is 2.27. The van der Waals surface area contributed by atoms with Crippen molar-refractivity contribution < 1.29 is 13.2 Å². The van der Waals surface area contributed by atoms with E-state index in [4.69, 9.17) is 0 Å². The number of rotatable bonds is 8. The minimum atomic E-state index is -3.40. The maximum atomic E-state index is 12.6. The molecule has 1 saturated heterocycles. The highest BCUT2D eigenvalue weighted by molar-refractivity contribution is 7.89. The van der Waals surface area contributed by atoms with Gasteiger partial charge in [-0.1, -0.05) is 18.2 Å². The molecule has 1 aromatic carbocycles. The molecular weight excluding hydrogens is 338 g/mol. The molecule has 1 amide bonds. The Morgan fingerprint density at radius 3 is 2.28 bits per heavy atom. The molecule has 0 radical (unpaired) electrons. The number of carbonyl (C=O) groups is 1. The largest absolute Gasteiger partial charge is 0.355 e. The molecule has 3 rings (SSSR count). The summed E-state index contributed by atoms with van der Waals surface area (Å²) < 4.78 is 26.7. The maximum Gasteiger partial charge on any atom is 0.243 e. The van der Waals surface area contributed by atoms with E-state index in [0.717, 1.165) is 25.3 Å². The van der Waals surface area contributed by atoms with E-state index in [1.54, 1.807) is 28.6 Å². The molecular formula is C18H27N3O3S. The number of nitrogens with zero attached hydrogens (tertiary/aromatic N) is 1. The quantitative estimate of drug-likeness (QED) is 0.726. The van der Waals surface area contributed by atoms with Gasteiger partial charge in [-0.15, -0.1) is 0 Å². The molecule has 138 valence electrons. The molecule has 2 N–H and O–H groups in total. The average Bonchev–Trinajstić information content (AvgIpc) is 3.45. The van der Waals surface area contributed by atoms with Gasteiger partial charge in [-0.25, -0.2) is 8.42 Å². The summed E-state index contributed by atoms with van der Waals surface area (Å²) in [7, 11) is -3.40. The monoisotopic (exact) mass is 365 g/mol. The first-order chi connectivity index (χ1) is 12.1. The molecule has 7 heteroatoms. The molecule has 2 aliphatic rings. The average molecular weight is 365 g/mol. The number of nitrogens with one attached hydrogen (secondary N) is 2. The lowest BCUT2D eigenvalue weighted by Crippen LogP contribution is -2.42. The topological polar surface area (TPSA) is 78.5 Å². The molecule has 0 atom stereocenters. The van der Waals surface area contributed by atoms with Crippen LogP contribution in [0.15, 0.2) is 35.2 Å². The third-order valence-corrected chi connectivity index (χ3v) is 6.87. The Kier molecular flexibility index (Phi) is 6.09. The maximum absolute atomic E-state index is 12.6. The van der Waals surface area contributed by atoms with E-state index in [1.165, 1.54) is 12.8 Å². The Hall–Kier alpha value is -1.44. The van der Waals surface area contributed by atoms with Crippen molar-refractivity contribution in [3.8, 4) is 0 Å². The summed E-state index contributed by atoms with van der Waals surface area (Å²) in [4.78, 5) is 12.2. The van der Waals surface area contributed by atoms with E-state index < -0.39 is 10.0 Å². The number of piperidine rings is 1. The second-order valence-electron chi connectivity index (χ2n) is 7.04. The standard InChI is InChI=1S/C18H27N3O3S/c22-18(14-19-12-15-6-7-15)20-13-16-8-10-21(11-9-16)25(23,24)17-4-2-1-3-5-17/h1-5,15-16,19H,6-14H2,(H,20,22). The van der Waals surface area contributed by atoms with Gasteiger partial charge in [-0.05, 0) is 56.2 Å². The van der Waals surface area contributed by atoms with Gasteiger partial charge >= 0.3 is 0 Å². The third kappa shape index (κ3) is 5.26. The lowest BCUT2D eigenvalue weighted by molar-refractivity contribution is -0.120. The predicted octanol–water partition coefficient (Wildman–Crippen LogP) is 1.20. The van der Waals surface area contributed by atoms with Crippen molar-refractivity contribution in [2.24, 2.45) is 11.8 Å². The summed E-state index contributed by atoms with van der Waals surface area (Å²) in [6.07, 6.45) is 4.11. The van der Waals surface area contributed by atoms with Crippen LogP contribution in [0.1, 0.15) is 25.7 Å². The summed E-state index contributed by atoms with van der Waals surface area (Å²) >= 11 is 0. The zero-order valence-electron chi connectivity index (χ0n) is 14.5. The van der Waals surface area contributed by atoms with Crippen LogP contribution < -0.4 is 10.6 Å². The van der Waals surface area contributed by atoms with Crippen molar-refractivity contribution in [1.29, 1.82) is 0 Å². The summed E-state index contributed by atoms with van der Waals surface area (Å²) in [6.45, 7) is 2.96. The highest BCUT2D eigenvalue weighted by Gasteiger charge is 2.29. The van der Waals surface area contributed by atoms with Crippen molar-refractivity contribution in [2.45, 2.75) is 30.6 Å². The van der Waals surface area contributed by atoms with Gasteiger partial charge in [0.1, 0.15) is 0 Å². The van der Waals surface area contributed by atoms with Gasteiger partial charge in [0.05, 0.1) is 11.4 Å². The van der Waals surface area contributed by atoms with Gasteiger partial charge in [0, 0.05) is 19.6 Å². The van der Waals surface area contributed by atoms with Crippen LogP contribution in [0.3, 0.4) is 0 Å². The Balaban J connectivity index is 1.38. The van der Waals surface area contributed by atoms with Gasteiger partial charge in [-0.2, -0.15) is 4.31 Å². The second kappa shape index (κ2) is 8.29. The Bertz CT molecular complexity index is 666. The molecule has 0 unspecified atom stereocenters. The van der Waals surface area contributed by atoms with E-state index in [0.29, 0.717) is 37.0 Å². The molecule has 1 aromatic rings. The fourth-order valence-electron chi connectivity index (χ4n) is 3.13. The minimum Gasteiger partial charge on any atom is -0.355 e. The second-order valence-corrected chi connectivity index (χ2v) is 8.98. The van der Waals surface area contributed by atoms with E-state index in [1.807, 2.05) is 6.07 Å². The lowest BCUT2D eigenvalue weighted by atomic mass is 9.98. The summed E-state index contributed by atoms with van der Waals surface area (Å²) in [5.74, 6) is 1.14. The smallest absolute Gasteiger partial charge is 0.243 e. The molecule has 0 aromatic heterocycles. The Labute approximate surface area is 150 Å². The number of sulfonamides is 1. The fourth-order valence-corrected chi connectivity index (χ4v) is 4.62. The molecule has 6 nitrogen and oxygen atoms in total. The van der Waals surface area contributed by atoms with Crippen LogP contribution in [0.2, 0.25) is 0 Å². The van der Waals surface area contributed by atoms with E-state index in [9.17, 15) is 13.2 Å². The van der Waals surface area contributed by atoms with Crippen molar-refractivity contribution in [1.82, 2.24) is 14.9 Å². The molecule has 1 heterocycles. The SMILES string of the molecule is O=C(CNCC1CC1)NCC1CCN(S(=O)(=O)c2ccccc2)CC1. The molecule has 0 spiro atoms. The van der Waals surface area contributed by atoms with E-state index in [2.05, 4.69) is 10.6 Å². The van der Waals surface area contributed by atoms with E-state index in [-0.39, 0.29) is 5.91 Å². The number of benzene rings is 1. The van der Waals surface area contributed by atoms with Crippen molar-refractivity contribution in [3.63, 3.8) is 0 Å². The van der Waals surface area contributed by atoms with Crippen LogP contribution in [0, 0.1) is 11.8 Å². The number of hydrogen-bond donors (Lipinski definition) is 2. The number of carbonyl (C=O) groups excluding carboxylic acids is 1. The number of amides is 1. The van der Waals surface area contributed by atoms with Crippen LogP contribution in [0.4, 0.5) is 0 Å². The van der Waals surface area contributed by atoms with Gasteiger partial charge < -0.3 is 10.6 Å². The normalized spacial score (nSPS) is 19.7. The Morgan fingerprint density at radius 2 is 1.64 bits per heavy atom. The van der Waals surface area contributed by atoms with Crippen molar-refractivity contribution >= 4 is 15.9 Å². The first-order valence-corrected chi connectivity index (χ1v) is 10.5. The molecule has 2 fully saturated rings. The number of hydrogen-bond acceptors (Lipinski definition) is 4. The van der Waals surface area contributed by atoms with Crippen LogP contribution >= 0.6 is 0 Å². The summed E-state index contributed by atoms with van der Waals surface area (Å²) in [6, 6.07) is 8.57. The lowest BCUT2D eigenvalue weighted by Gasteiger charge is -2.31. The van der Waals surface area contributed by atoms with Crippen LogP contribution in [-0.2, 0) is 14.8 Å². The first-order valence-electron chi connectivity index (χ1n) is 9.08. The molecule has 0 bridgehead atoms. The van der Waals surface area contributed by atoms with Crippen LogP contribution in [0.5, 0.6) is 0 Å². The minimum absolute atomic E-state index is 0.0278. The molecule has 1 saturated carbocycles. The Morgan fingerprint density at radius 1 is 1.00 bits per heavy atom. The molecule has 1 aliphatic heterocycles. The van der Waals surface area contributed by atoms with Gasteiger partial charge in [0.15, 0.2) is 0 Å². The van der Waals surface area contributed by atoms with Crippen molar-refractivity contribution in [3.05, 3.63) is 30.3 Å². The summed E-state index contributed by atoms with van der Waals surface area (Å²) in [5.41, 5.74) is 0. The first kappa shape index (κ1) is 18.4. The van der Waals surface area contributed by atoms with Crippen molar-refractivity contribution in [2.75, 3.05) is 32.7 Å². The molecule has 25 heavy (non-hydrogen) atoms. The van der Waals surface area contributed by atoms with E-state index >= 15 is 0 Å². The molecule has 1 aliphatic carbocycles. The van der Waals surface area contributed by atoms with Gasteiger partial charge in [0.2, 0.25) is 15.9 Å². The van der Waals surface area contributed by atoms with Crippen LogP contribution in [-0.4, -0.2) is 51.4 Å². The fraction of sp³-hybridized carbons (Fsp3) is 0.611. The zero-order chi connectivity index (χ0) is 17.7. The predicted molar refractivity (Wildman–Crippen MR) is 96.5 cm³/mol. The van der Waals surface area contributed by atoms with Crippen LogP contribution in [0.25, 0.3) is 0 Å². The van der Waals surface area contributed by atoms with Gasteiger partial charge in [0.25, 0.3) is 0 Å². The third-order valence-electron chi connectivity index (χ3n) is 4.96. The van der Waals surface area contributed by atoms with Gasteiger partial charge in [-0.3, -0.25) is 4.79 Å². The summed E-state index contributed by atoms with van der Waals surface area (Å²) in [5, 5.41) is 6.14.